The van der Waals surface area contributed by atoms with Crippen LogP contribution < -0.4 is 4.74 Å². The summed E-state index contributed by atoms with van der Waals surface area (Å²) in [6.07, 6.45) is 0. The minimum Gasteiger partial charge on any atom is -0.472 e. The Morgan fingerprint density at radius 3 is 2.14 bits per heavy atom. The predicted octanol–water partition coefficient (Wildman–Crippen LogP) is 4.12. The van der Waals surface area contributed by atoms with Gasteiger partial charge in [-0.15, -0.1) is 10.2 Å². The Balaban J connectivity index is 1.67. The number of hydrogen-bond acceptors (Lipinski definition) is 3. The molecule has 0 spiro atoms. The minimum atomic E-state index is 0.481. The Morgan fingerprint density at radius 2 is 1.50 bits per heavy atom. The van der Waals surface area contributed by atoms with E-state index in [9.17, 15) is 0 Å². The zero-order valence-corrected chi connectivity index (χ0v) is 12.1. The second-order valence-electron chi connectivity index (χ2n) is 4.88. The summed E-state index contributed by atoms with van der Waals surface area (Å²) < 4.78 is 5.63. The van der Waals surface area contributed by atoms with E-state index in [0.717, 1.165) is 22.4 Å². The molecule has 0 saturated heterocycles. The molecule has 0 saturated carbocycles. The van der Waals surface area contributed by atoms with Crippen molar-refractivity contribution in [1.82, 2.24) is 10.2 Å². The molecule has 3 nitrogen and oxygen atoms in total. The third-order valence-corrected chi connectivity index (χ3v) is 3.30. The van der Waals surface area contributed by atoms with Gasteiger partial charge in [0.15, 0.2) is 0 Å². The van der Waals surface area contributed by atoms with Crippen molar-refractivity contribution in [2.75, 3.05) is 0 Å². The molecule has 0 aliphatic heterocycles. The van der Waals surface area contributed by atoms with Gasteiger partial charge in [0, 0.05) is 11.6 Å². The van der Waals surface area contributed by atoms with Crippen LogP contribution in [-0.4, -0.2) is 10.2 Å². The van der Waals surface area contributed by atoms with Gasteiger partial charge in [-0.2, -0.15) is 0 Å². The van der Waals surface area contributed by atoms with E-state index in [2.05, 4.69) is 16.8 Å². The van der Waals surface area contributed by atoms with E-state index in [-0.39, 0.29) is 0 Å². The third-order valence-electron chi connectivity index (χ3n) is 3.30. The Hall–Kier alpha value is -2.94. The molecule has 0 aliphatic rings. The molecule has 3 rings (SSSR count). The number of nitrogens with zero attached hydrogens (tertiary/aromatic N) is 2. The first-order chi connectivity index (χ1) is 10.8. The Bertz CT molecular complexity index is 737. The molecule has 2 aromatic carbocycles. The Morgan fingerprint density at radius 1 is 0.818 bits per heavy atom. The molecule has 0 fully saturated rings. The lowest BCUT2D eigenvalue weighted by atomic mass is 10.0. The zero-order valence-electron chi connectivity index (χ0n) is 12.1. The van der Waals surface area contributed by atoms with E-state index >= 15 is 0 Å². The van der Waals surface area contributed by atoms with E-state index in [0.29, 0.717) is 12.5 Å². The van der Waals surface area contributed by atoms with Gasteiger partial charge >= 0.3 is 0 Å². The van der Waals surface area contributed by atoms with Crippen molar-refractivity contribution in [2.24, 2.45) is 0 Å². The van der Waals surface area contributed by atoms with Crippen LogP contribution in [0.4, 0.5) is 0 Å². The number of rotatable bonds is 5. The molecule has 1 heterocycles. The largest absolute Gasteiger partial charge is 0.472 e. The predicted molar refractivity (Wildman–Crippen MR) is 87.4 cm³/mol. The van der Waals surface area contributed by atoms with Crippen LogP contribution in [0.1, 0.15) is 16.8 Å². The van der Waals surface area contributed by atoms with Crippen LogP contribution in [0, 0.1) is 0 Å². The minimum absolute atomic E-state index is 0.481. The molecule has 0 aliphatic carbocycles. The summed E-state index contributed by atoms with van der Waals surface area (Å²) in [7, 11) is 0. The van der Waals surface area contributed by atoms with Crippen molar-refractivity contribution in [3.63, 3.8) is 0 Å². The molecule has 108 valence electrons. The fraction of sp³-hybridized carbons (Fsp3) is 0.0526. The summed E-state index contributed by atoms with van der Waals surface area (Å²) in [6, 6.07) is 23.6. The van der Waals surface area contributed by atoms with Gasteiger partial charge in [0.05, 0.1) is 5.69 Å². The van der Waals surface area contributed by atoms with Crippen LogP contribution in [0.2, 0.25) is 0 Å². The highest BCUT2D eigenvalue weighted by Crippen LogP contribution is 2.20. The molecule has 0 bridgehead atoms. The summed E-state index contributed by atoms with van der Waals surface area (Å²) >= 11 is 0. The van der Waals surface area contributed by atoms with Gasteiger partial charge < -0.3 is 4.74 Å². The summed E-state index contributed by atoms with van der Waals surface area (Å²) in [5, 5.41) is 8.30. The highest BCUT2D eigenvalue weighted by Gasteiger charge is 2.05. The maximum Gasteiger partial charge on any atom is 0.233 e. The van der Waals surface area contributed by atoms with Gasteiger partial charge in [0.2, 0.25) is 5.88 Å². The molecule has 0 N–H and O–H groups in total. The summed E-state index contributed by atoms with van der Waals surface area (Å²) in [6.45, 7) is 4.56. The highest BCUT2D eigenvalue weighted by molar-refractivity contribution is 5.75. The number of ether oxygens (including phenoxy) is 1. The number of aromatic nitrogens is 2. The first-order valence-electron chi connectivity index (χ1n) is 7.08. The van der Waals surface area contributed by atoms with Crippen LogP contribution in [0.5, 0.6) is 5.88 Å². The van der Waals surface area contributed by atoms with Gasteiger partial charge in [-0.1, -0.05) is 67.2 Å². The molecule has 3 aromatic rings. The maximum absolute atomic E-state index is 5.63. The first kappa shape index (κ1) is 14.0. The van der Waals surface area contributed by atoms with Crippen molar-refractivity contribution >= 4 is 5.57 Å². The van der Waals surface area contributed by atoms with Crippen molar-refractivity contribution in [3.05, 3.63) is 96.2 Å². The molecule has 0 unspecified atom stereocenters. The van der Waals surface area contributed by atoms with Crippen molar-refractivity contribution in [3.8, 4) is 5.88 Å². The molecule has 0 amide bonds. The van der Waals surface area contributed by atoms with Crippen LogP contribution in [0.25, 0.3) is 5.57 Å². The Labute approximate surface area is 129 Å². The molecular formula is C19H16N2O. The lowest BCUT2D eigenvalue weighted by Crippen LogP contribution is -2.00. The van der Waals surface area contributed by atoms with Gasteiger partial charge in [-0.05, 0) is 17.2 Å². The number of benzene rings is 2. The van der Waals surface area contributed by atoms with Gasteiger partial charge in [-0.25, -0.2) is 0 Å². The smallest absolute Gasteiger partial charge is 0.233 e. The Kier molecular flexibility index (Phi) is 4.25. The van der Waals surface area contributed by atoms with Crippen molar-refractivity contribution in [2.45, 2.75) is 6.61 Å². The second-order valence-corrected chi connectivity index (χ2v) is 4.88. The third kappa shape index (κ3) is 3.38. The lowest BCUT2D eigenvalue weighted by molar-refractivity contribution is 0.290. The maximum atomic E-state index is 5.63. The van der Waals surface area contributed by atoms with Gasteiger partial charge in [0.1, 0.15) is 6.61 Å². The fourth-order valence-corrected chi connectivity index (χ4v) is 2.08. The standard InChI is InChI=1S/C19H16N2O/c1-15(17-10-6-3-7-11-17)18-12-13-19(21-20-18)22-14-16-8-4-2-5-9-16/h2-13H,1,14H2. The molecular weight excluding hydrogens is 272 g/mol. The van der Waals surface area contributed by atoms with Crippen LogP contribution in [0.3, 0.4) is 0 Å². The average molecular weight is 288 g/mol. The molecule has 3 heteroatoms. The van der Waals surface area contributed by atoms with E-state index in [1.807, 2.05) is 72.8 Å². The van der Waals surface area contributed by atoms with Crippen LogP contribution >= 0.6 is 0 Å². The number of hydrogen-bond donors (Lipinski definition) is 0. The topological polar surface area (TPSA) is 35.0 Å². The fourth-order valence-electron chi connectivity index (χ4n) is 2.08. The summed E-state index contributed by atoms with van der Waals surface area (Å²) in [5.41, 5.74) is 3.73. The summed E-state index contributed by atoms with van der Waals surface area (Å²) in [5.74, 6) is 0.508. The zero-order chi connectivity index (χ0) is 15.2. The first-order valence-corrected chi connectivity index (χ1v) is 7.08. The SMILES string of the molecule is C=C(c1ccccc1)c1ccc(OCc2ccccc2)nn1. The molecule has 22 heavy (non-hydrogen) atoms. The van der Waals surface area contributed by atoms with Crippen LogP contribution in [0.15, 0.2) is 79.4 Å². The molecule has 0 atom stereocenters. The van der Waals surface area contributed by atoms with Gasteiger partial charge in [0.25, 0.3) is 0 Å². The summed E-state index contributed by atoms with van der Waals surface area (Å²) in [4.78, 5) is 0. The van der Waals surface area contributed by atoms with E-state index in [1.165, 1.54) is 0 Å². The average Bonchev–Trinajstić information content (AvgIpc) is 2.61. The van der Waals surface area contributed by atoms with E-state index < -0.39 is 0 Å². The second kappa shape index (κ2) is 6.68. The van der Waals surface area contributed by atoms with E-state index in [4.69, 9.17) is 4.74 Å². The van der Waals surface area contributed by atoms with Gasteiger partial charge in [-0.3, -0.25) is 0 Å². The normalized spacial score (nSPS) is 10.2. The van der Waals surface area contributed by atoms with Crippen molar-refractivity contribution < 1.29 is 4.74 Å². The van der Waals surface area contributed by atoms with E-state index in [1.54, 1.807) is 0 Å². The highest BCUT2D eigenvalue weighted by atomic mass is 16.5. The molecule has 0 radical (unpaired) electrons. The molecule has 1 aromatic heterocycles. The van der Waals surface area contributed by atoms with Crippen molar-refractivity contribution in [1.29, 1.82) is 0 Å². The van der Waals surface area contributed by atoms with Crippen LogP contribution in [-0.2, 0) is 6.61 Å². The quantitative estimate of drug-likeness (QED) is 0.708. The monoisotopic (exact) mass is 288 g/mol. The lowest BCUT2D eigenvalue weighted by Gasteiger charge is -2.07.